The first kappa shape index (κ1) is 21.5. The van der Waals surface area contributed by atoms with Crippen molar-refractivity contribution in [2.75, 3.05) is 6.54 Å². The Morgan fingerprint density at radius 2 is 1.68 bits per heavy atom. The molecule has 2 N–H and O–H groups in total. The number of ether oxygens (including phenoxy) is 1. The van der Waals surface area contributed by atoms with E-state index in [9.17, 15) is 22.4 Å². The average Bonchev–Trinajstić information content (AvgIpc) is 2.67. The van der Waals surface area contributed by atoms with E-state index in [1.165, 1.54) is 55.5 Å². The van der Waals surface area contributed by atoms with E-state index < -0.39 is 28.0 Å². The zero-order valence-corrected chi connectivity index (χ0v) is 16.3. The van der Waals surface area contributed by atoms with Crippen LogP contribution in [-0.4, -0.2) is 32.9 Å². The molecule has 0 aliphatic carbocycles. The van der Waals surface area contributed by atoms with Crippen molar-refractivity contribution >= 4 is 21.9 Å². The van der Waals surface area contributed by atoms with Gasteiger partial charge in [-0.2, -0.15) is 0 Å². The number of carbonyl (C=O) groups excluding carboxylic acids is 2. The Balaban J connectivity index is 1.92. The summed E-state index contributed by atoms with van der Waals surface area (Å²) in [7, 11) is -3.62. The Morgan fingerprint density at radius 3 is 2.25 bits per heavy atom. The summed E-state index contributed by atoms with van der Waals surface area (Å²) >= 11 is 0. The summed E-state index contributed by atoms with van der Waals surface area (Å²) in [5, 5.41) is 2.59. The number of carbonyl (C=O) groups is 2. The third-order valence-electron chi connectivity index (χ3n) is 3.77. The van der Waals surface area contributed by atoms with E-state index >= 15 is 0 Å². The second kappa shape index (κ2) is 9.43. The summed E-state index contributed by atoms with van der Waals surface area (Å²) < 4.78 is 44.1. The predicted molar refractivity (Wildman–Crippen MR) is 100 cm³/mol. The number of hydrogen-bond acceptors (Lipinski definition) is 5. The fraction of sp³-hybridized carbons (Fsp3) is 0.263. The first-order valence-corrected chi connectivity index (χ1v) is 10.0. The lowest BCUT2D eigenvalue weighted by molar-refractivity contribution is -0.129. The predicted octanol–water partition coefficient (Wildman–Crippen LogP) is 1.99. The lowest BCUT2D eigenvalue weighted by Crippen LogP contribution is -2.35. The Bertz CT molecular complexity index is 928. The van der Waals surface area contributed by atoms with Crippen LogP contribution < -0.4 is 10.0 Å². The Kier molecular flexibility index (Phi) is 7.24. The number of benzene rings is 2. The minimum Gasteiger partial charge on any atom is -0.449 e. The average molecular weight is 408 g/mol. The normalized spacial score (nSPS) is 12.2. The molecule has 0 heterocycles. The summed E-state index contributed by atoms with van der Waals surface area (Å²) in [4.78, 5) is 24.2. The number of halogens is 1. The van der Waals surface area contributed by atoms with Gasteiger partial charge in [0.15, 0.2) is 6.10 Å². The maximum absolute atomic E-state index is 12.9. The number of esters is 1. The molecule has 28 heavy (non-hydrogen) atoms. The van der Waals surface area contributed by atoms with Gasteiger partial charge in [0.25, 0.3) is 5.91 Å². The SMILES string of the molecule is CCNS(=O)(=O)c1ccc(C(=O)O[C@H](C)C(=O)NCc2ccc(F)cc2)cc1. The topological polar surface area (TPSA) is 102 Å². The second-order valence-electron chi connectivity index (χ2n) is 5.92. The van der Waals surface area contributed by atoms with Crippen molar-refractivity contribution in [3.63, 3.8) is 0 Å². The Morgan fingerprint density at radius 1 is 1.07 bits per heavy atom. The minimum atomic E-state index is -3.62. The molecule has 0 bridgehead atoms. The molecule has 0 aliphatic heterocycles. The van der Waals surface area contributed by atoms with Gasteiger partial charge in [0.2, 0.25) is 10.0 Å². The molecule has 1 amide bonds. The smallest absolute Gasteiger partial charge is 0.338 e. The van der Waals surface area contributed by atoms with E-state index in [0.717, 1.165) is 0 Å². The van der Waals surface area contributed by atoms with E-state index in [1.807, 2.05) is 0 Å². The molecule has 9 heteroatoms. The summed E-state index contributed by atoms with van der Waals surface area (Å²) in [5.74, 6) is -1.64. The molecule has 0 saturated heterocycles. The summed E-state index contributed by atoms with van der Waals surface area (Å²) in [5.41, 5.74) is 0.819. The molecule has 7 nitrogen and oxygen atoms in total. The molecule has 2 aromatic rings. The highest BCUT2D eigenvalue weighted by molar-refractivity contribution is 7.89. The first-order valence-electron chi connectivity index (χ1n) is 8.56. The molecular weight excluding hydrogens is 387 g/mol. The van der Waals surface area contributed by atoms with E-state index in [4.69, 9.17) is 4.74 Å². The number of nitrogens with one attached hydrogen (secondary N) is 2. The number of hydrogen-bond donors (Lipinski definition) is 2. The van der Waals surface area contributed by atoms with Crippen LogP contribution in [0.25, 0.3) is 0 Å². The van der Waals surface area contributed by atoms with Crippen LogP contribution in [-0.2, 0) is 26.1 Å². The van der Waals surface area contributed by atoms with Crippen LogP contribution in [0.1, 0.15) is 29.8 Å². The van der Waals surface area contributed by atoms with Crippen LogP contribution in [0.3, 0.4) is 0 Å². The van der Waals surface area contributed by atoms with Gasteiger partial charge >= 0.3 is 5.97 Å². The molecule has 0 radical (unpaired) electrons. The van der Waals surface area contributed by atoms with Crippen LogP contribution in [0.2, 0.25) is 0 Å². The summed E-state index contributed by atoms with van der Waals surface area (Å²) in [6.07, 6.45) is -1.06. The van der Waals surface area contributed by atoms with E-state index in [1.54, 1.807) is 6.92 Å². The highest BCUT2D eigenvalue weighted by atomic mass is 32.2. The van der Waals surface area contributed by atoms with Gasteiger partial charge in [0, 0.05) is 13.1 Å². The van der Waals surface area contributed by atoms with E-state index in [2.05, 4.69) is 10.0 Å². The van der Waals surface area contributed by atoms with Gasteiger partial charge in [0.1, 0.15) is 5.82 Å². The van der Waals surface area contributed by atoms with E-state index in [0.29, 0.717) is 5.56 Å². The summed E-state index contributed by atoms with van der Waals surface area (Å²) in [6, 6.07) is 10.8. The summed E-state index contributed by atoms with van der Waals surface area (Å²) in [6.45, 7) is 3.49. The van der Waals surface area contributed by atoms with Gasteiger partial charge in [-0.3, -0.25) is 4.79 Å². The maximum atomic E-state index is 12.9. The van der Waals surface area contributed by atoms with Gasteiger partial charge in [0.05, 0.1) is 10.5 Å². The fourth-order valence-electron chi connectivity index (χ4n) is 2.26. The number of rotatable bonds is 8. The van der Waals surface area contributed by atoms with Crippen LogP contribution in [0, 0.1) is 5.82 Å². The molecule has 0 fully saturated rings. The van der Waals surface area contributed by atoms with Crippen LogP contribution in [0.15, 0.2) is 53.4 Å². The van der Waals surface area contributed by atoms with Crippen molar-refractivity contribution in [2.45, 2.75) is 31.4 Å². The van der Waals surface area contributed by atoms with Crippen molar-refractivity contribution in [2.24, 2.45) is 0 Å². The van der Waals surface area contributed by atoms with Crippen molar-refractivity contribution in [3.8, 4) is 0 Å². The highest BCUT2D eigenvalue weighted by Gasteiger charge is 2.20. The second-order valence-corrected chi connectivity index (χ2v) is 7.68. The maximum Gasteiger partial charge on any atom is 0.338 e. The van der Waals surface area contributed by atoms with Crippen LogP contribution in [0.5, 0.6) is 0 Å². The van der Waals surface area contributed by atoms with Gasteiger partial charge in [-0.25, -0.2) is 22.3 Å². The Hall–Kier alpha value is -2.78. The third-order valence-corrected chi connectivity index (χ3v) is 5.33. The fourth-order valence-corrected chi connectivity index (χ4v) is 3.30. The van der Waals surface area contributed by atoms with Gasteiger partial charge in [-0.1, -0.05) is 19.1 Å². The molecular formula is C19H21FN2O5S. The molecule has 0 aliphatic rings. The quantitative estimate of drug-likeness (QED) is 0.651. The Labute approximate surface area is 163 Å². The zero-order valence-electron chi connectivity index (χ0n) is 15.4. The van der Waals surface area contributed by atoms with Crippen molar-refractivity contribution < 1.29 is 27.1 Å². The number of sulfonamides is 1. The molecule has 0 aromatic heterocycles. The molecule has 1 atom stereocenters. The first-order chi connectivity index (χ1) is 13.2. The monoisotopic (exact) mass is 408 g/mol. The highest BCUT2D eigenvalue weighted by Crippen LogP contribution is 2.12. The van der Waals surface area contributed by atoms with Crippen molar-refractivity contribution in [3.05, 3.63) is 65.5 Å². The molecule has 0 spiro atoms. The minimum absolute atomic E-state index is 0.0241. The van der Waals surface area contributed by atoms with Gasteiger partial charge in [-0.05, 0) is 48.9 Å². The van der Waals surface area contributed by atoms with Gasteiger partial charge in [-0.15, -0.1) is 0 Å². The van der Waals surface area contributed by atoms with Crippen LogP contribution in [0.4, 0.5) is 4.39 Å². The standard InChI is InChI=1S/C19H21FN2O5S/c1-3-22-28(25,26)17-10-6-15(7-11-17)19(24)27-13(2)18(23)21-12-14-4-8-16(20)9-5-14/h4-11,13,22H,3,12H2,1-2H3,(H,21,23)/t13-/m1/s1. The third kappa shape index (κ3) is 5.86. The largest absolute Gasteiger partial charge is 0.449 e. The van der Waals surface area contributed by atoms with E-state index in [-0.39, 0.29) is 29.4 Å². The lowest BCUT2D eigenvalue weighted by atomic mass is 10.2. The number of amides is 1. The molecule has 150 valence electrons. The molecule has 0 unspecified atom stereocenters. The van der Waals surface area contributed by atoms with Crippen molar-refractivity contribution in [1.29, 1.82) is 0 Å². The van der Waals surface area contributed by atoms with Crippen molar-refractivity contribution in [1.82, 2.24) is 10.0 Å². The zero-order chi connectivity index (χ0) is 20.7. The molecule has 0 saturated carbocycles. The lowest BCUT2D eigenvalue weighted by Gasteiger charge is -2.14. The molecule has 2 aromatic carbocycles. The van der Waals surface area contributed by atoms with Gasteiger partial charge < -0.3 is 10.1 Å². The molecule has 2 rings (SSSR count). The van der Waals surface area contributed by atoms with Crippen LogP contribution >= 0.6 is 0 Å².